The second-order valence-corrected chi connectivity index (χ2v) is 5.27. The third-order valence-electron chi connectivity index (χ3n) is 3.34. The van der Waals surface area contributed by atoms with Crippen molar-refractivity contribution in [2.45, 2.75) is 26.9 Å². The number of rotatable bonds is 4. The zero-order valence-corrected chi connectivity index (χ0v) is 12.6. The fourth-order valence-electron chi connectivity index (χ4n) is 1.97. The molecule has 104 valence electrons. The first-order valence-electron chi connectivity index (χ1n) is 6.51. The molecule has 3 heteroatoms. The molecule has 0 aliphatic rings. The van der Waals surface area contributed by atoms with Crippen molar-refractivity contribution in [3.8, 4) is 5.75 Å². The summed E-state index contributed by atoms with van der Waals surface area (Å²) in [5, 5.41) is 0.551. The predicted octanol–water partition coefficient (Wildman–Crippen LogP) is 4.61. The van der Waals surface area contributed by atoms with E-state index >= 15 is 0 Å². The van der Waals surface area contributed by atoms with E-state index in [1.807, 2.05) is 32.0 Å². The molecule has 0 heterocycles. The van der Waals surface area contributed by atoms with E-state index in [1.165, 1.54) is 0 Å². The highest BCUT2D eigenvalue weighted by atomic mass is 35.5. The van der Waals surface area contributed by atoms with Crippen LogP contribution in [0.5, 0.6) is 5.75 Å². The fraction of sp³-hybridized carbons (Fsp3) is 0.235. The van der Waals surface area contributed by atoms with Crippen molar-refractivity contribution >= 4 is 17.4 Å². The summed E-state index contributed by atoms with van der Waals surface area (Å²) < 4.78 is 5.79. The Kier molecular flexibility index (Phi) is 4.46. The highest BCUT2D eigenvalue weighted by Crippen LogP contribution is 2.23. The first-order chi connectivity index (χ1) is 9.49. The third kappa shape index (κ3) is 3.20. The summed E-state index contributed by atoms with van der Waals surface area (Å²) in [6.07, 6.45) is -0.547. The van der Waals surface area contributed by atoms with Gasteiger partial charge in [-0.05, 0) is 50.1 Å². The van der Waals surface area contributed by atoms with Crippen LogP contribution in [0.25, 0.3) is 0 Å². The maximum absolute atomic E-state index is 12.3. The Morgan fingerprint density at radius 2 is 1.85 bits per heavy atom. The van der Waals surface area contributed by atoms with Crippen LogP contribution in [-0.2, 0) is 0 Å². The summed E-state index contributed by atoms with van der Waals surface area (Å²) in [7, 11) is 0. The maximum Gasteiger partial charge on any atom is 0.203 e. The summed E-state index contributed by atoms with van der Waals surface area (Å²) >= 11 is 5.91. The molecule has 2 rings (SSSR count). The van der Waals surface area contributed by atoms with Crippen molar-refractivity contribution in [1.82, 2.24) is 0 Å². The van der Waals surface area contributed by atoms with Gasteiger partial charge in [0.25, 0.3) is 0 Å². The number of hydrogen-bond donors (Lipinski definition) is 0. The van der Waals surface area contributed by atoms with Gasteiger partial charge in [-0.15, -0.1) is 0 Å². The molecule has 20 heavy (non-hydrogen) atoms. The minimum atomic E-state index is -0.547. The Morgan fingerprint density at radius 3 is 2.55 bits per heavy atom. The molecule has 0 radical (unpaired) electrons. The topological polar surface area (TPSA) is 26.3 Å². The normalized spacial score (nSPS) is 12.0. The number of aryl methyl sites for hydroxylation is 1. The fourth-order valence-corrected chi connectivity index (χ4v) is 2.16. The van der Waals surface area contributed by atoms with Crippen LogP contribution < -0.4 is 4.74 Å². The number of hydrogen-bond acceptors (Lipinski definition) is 2. The van der Waals surface area contributed by atoms with E-state index in [-0.39, 0.29) is 5.78 Å². The molecule has 0 fully saturated rings. The summed E-state index contributed by atoms with van der Waals surface area (Å²) in [5.41, 5.74) is 2.76. The van der Waals surface area contributed by atoms with Gasteiger partial charge in [0, 0.05) is 10.6 Å². The van der Waals surface area contributed by atoms with Gasteiger partial charge in [0.05, 0.1) is 0 Å². The van der Waals surface area contributed by atoms with Crippen molar-refractivity contribution in [3.05, 3.63) is 64.2 Å². The lowest BCUT2D eigenvalue weighted by atomic mass is 10.1. The zero-order chi connectivity index (χ0) is 14.7. The molecule has 0 saturated heterocycles. The highest BCUT2D eigenvalue weighted by Gasteiger charge is 2.18. The molecule has 0 bridgehead atoms. The van der Waals surface area contributed by atoms with Crippen LogP contribution in [0.3, 0.4) is 0 Å². The van der Waals surface area contributed by atoms with Gasteiger partial charge >= 0.3 is 0 Å². The van der Waals surface area contributed by atoms with Crippen LogP contribution >= 0.6 is 11.6 Å². The van der Waals surface area contributed by atoms with E-state index in [4.69, 9.17) is 16.3 Å². The molecule has 2 nitrogen and oxygen atoms in total. The molecule has 1 atom stereocenters. The largest absolute Gasteiger partial charge is 0.482 e. The molecular weight excluding hydrogens is 272 g/mol. The molecule has 0 saturated carbocycles. The van der Waals surface area contributed by atoms with E-state index in [9.17, 15) is 4.79 Å². The van der Waals surface area contributed by atoms with Gasteiger partial charge in [0.15, 0.2) is 6.10 Å². The lowest BCUT2D eigenvalue weighted by molar-refractivity contribution is 0.0817. The van der Waals surface area contributed by atoms with Crippen LogP contribution in [0.2, 0.25) is 5.02 Å². The molecule has 0 amide bonds. The van der Waals surface area contributed by atoms with Crippen LogP contribution in [0, 0.1) is 13.8 Å². The van der Waals surface area contributed by atoms with Gasteiger partial charge in [-0.1, -0.05) is 35.9 Å². The standard InChI is InChI=1S/C17H17ClO2/c1-11-6-4-9-16(12(11)2)20-13(3)17(19)14-7-5-8-15(18)10-14/h4-10,13H,1-3H3. The Balaban J connectivity index is 2.18. The highest BCUT2D eigenvalue weighted by molar-refractivity contribution is 6.31. The number of carbonyl (C=O) groups is 1. The molecule has 0 aliphatic carbocycles. The molecule has 1 unspecified atom stereocenters. The van der Waals surface area contributed by atoms with E-state index in [2.05, 4.69) is 0 Å². The number of carbonyl (C=O) groups excluding carboxylic acids is 1. The van der Waals surface area contributed by atoms with Gasteiger partial charge < -0.3 is 4.74 Å². The predicted molar refractivity (Wildman–Crippen MR) is 81.8 cm³/mol. The monoisotopic (exact) mass is 288 g/mol. The van der Waals surface area contributed by atoms with Crippen molar-refractivity contribution in [3.63, 3.8) is 0 Å². The molecule has 2 aromatic carbocycles. The summed E-state index contributed by atoms with van der Waals surface area (Å²) in [6, 6.07) is 12.7. The van der Waals surface area contributed by atoms with E-state index in [1.54, 1.807) is 31.2 Å². The SMILES string of the molecule is Cc1cccc(OC(C)C(=O)c2cccc(Cl)c2)c1C. The minimum Gasteiger partial charge on any atom is -0.482 e. The van der Waals surface area contributed by atoms with Gasteiger partial charge in [-0.2, -0.15) is 0 Å². The van der Waals surface area contributed by atoms with Crippen molar-refractivity contribution in [1.29, 1.82) is 0 Å². The quantitative estimate of drug-likeness (QED) is 0.768. The second kappa shape index (κ2) is 6.10. The van der Waals surface area contributed by atoms with Crippen molar-refractivity contribution in [2.24, 2.45) is 0 Å². The Hall–Kier alpha value is -1.80. The average Bonchev–Trinajstić information content (AvgIpc) is 2.43. The van der Waals surface area contributed by atoms with Gasteiger partial charge in [0.2, 0.25) is 5.78 Å². The van der Waals surface area contributed by atoms with E-state index in [0.29, 0.717) is 10.6 Å². The van der Waals surface area contributed by atoms with Gasteiger partial charge in [-0.3, -0.25) is 4.79 Å². The molecule has 0 spiro atoms. The van der Waals surface area contributed by atoms with Crippen molar-refractivity contribution < 1.29 is 9.53 Å². The summed E-state index contributed by atoms with van der Waals surface area (Å²) in [4.78, 5) is 12.3. The minimum absolute atomic E-state index is 0.0755. The third-order valence-corrected chi connectivity index (χ3v) is 3.57. The van der Waals surface area contributed by atoms with Crippen LogP contribution in [-0.4, -0.2) is 11.9 Å². The van der Waals surface area contributed by atoms with Gasteiger partial charge in [-0.25, -0.2) is 0 Å². The zero-order valence-electron chi connectivity index (χ0n) is 11.8. The number of Topliss-reactive ketones (excluding diaryl/α,β-unsaturated/α-hetero) is 1. The van der Waals surface area contributed by atoms with Crippen LogP contribution in [0.4, 0.5) is 0 Å². The van der Waals surface area contributed by atoms with Crippen LogP contribution in [0.15, 0.2) is 42.5 Å². The smallest absolute Gasteiger partial charge is 0.203 e. The molecule has 0 aliphatic heterocycles. The molecule has 0 N–H and O–H groups in total. The van der Waals surface area contributed by atoms with E-state index in [0.717, 1.165) is 16.9 Å². The number of benzene rings is 2. The lowest BCUT2D eigenvalue weighted by Gasteiger charge is -2.16. The second-order valence-electron chi connectivity index (χ2n) is 4.83. The molecular formula is C17H17ClO2. The Labute approximate surface area is 124 Å². The summed E-state index contributed by atoms with van der Waals surface area (Å²) in [5.74, 6) is 0.668. The van der Waals surface area contributed by atoms with E-state index < -0.39 is 6.10 Å². The molecule has 0 aromatic heterocycles. The lowest BCUT2D eigenvalue weighted by Crippen LogP contribution is -2.24. The van der Waals surface area contributed by atoms with Gasteiger partial charge in [0.1, 0.15) is 5.75 Å². The number of ketones is 1. The molecule has 2 aromatic rings. The number of halogens is 1. The average molecular weight is 289 g/mol. The van der Waals surface area contributed by atoms with Crippen LogP contribution in [0.1, 0.15) is 28.4 Å². The Bertz CT molecular complexity index is 635. The number of ether oxygens (including phenoxy) is 1. The van der Waals surface area contributed by atoms with Crippen molar-refractivity contribution in [2.75, 3.05) is 0 Å². The Morgan fingerprint density at radius 1 is 1.15 bits per heavy atom. The first-order valence-corrected chi connectivity index (χ1v) is 6.89. The first kappa shape index (κ1) is 14.6. The maximum atomic E-state index is 12.3. The summed E-state index contributed by atoms with van der Waals surface area (Å²) in [6.45, 7) is 5.76.